The Morgan fingerprint density at radius 1 is 1.11 bits per heavy atom. The molecule has 1 aromatic heterocycles. The average Bonchev–Trinajstić information content (AvgIpc) is 2.72. The van der Waals surface area contributed by atoms with E-state index >= 15 is 0 Å². The smallest absolute Gasteiger partial charge is 0.278 e. The molecule has 2 heterocycles. The molecule has 1 fully saturated rings. The molecule has 0 spiro atoms. The number of hydrogen-bond donors (Lipinski definition) is 0. The van der Waals surface area contributed by atoms with Crippen LogP contribution in [0.5, 0.6) is 23.3 Å². The quantitative estimate of drug-likeness (QED) is 0.733. The minimum atomic E-state index is -0.167. The summed E-state index contributed by atoms with van der Waals surface area (Å²) in [5.41, 5.74) is 0. The predicted octanol–water partition coefficient (Wildman–Crippen LogP) is 1.94. The Kier molecular flexibility index (Phi) is 6.30. The molecule has 1 aliphatic rings. The molecule has 8 nitrogen and oxygen atoms in total. The number of likely N-dealkylation sites (tertiary alicyclic amines) is 1. The van der Waals surface area contributed by atoms with Crippen LogP contribution in [-0.4, -0.2) is 60.8 Å². The van der Waals surface area contributed by atoms with E-state index in [1.54, 1.807) is 30.3 Å². The highest BCUT2D eigenvalue weighted by atomic mass is 16.5. The number of benzene rings is 1. The maximum atomic E-state index is 12.5. The number of hydrogen-bond acceptors (Lipinski definition) is 7. The number of rotatable bonds is 7. The lowest BCUT2D eigenvalue weighted by Crippen LogP contribution is -2.46. The molecule has 144 valence electrons. The summed E-state index contributed by atoms with van der Waals surface area (Å²) < 4.78 is 21.9. The van der Waals surface area contributed by atoms with E-state index in [9.17, 15) is 4.79 Å². The first-order valence-electron chi connectivity index (χ1n) is 8.76. The summed E-state index contributed by atoms with van der Waals surface area (Å²) in [6, 6.07) is 7.25. The molecule has 1 saturated heterocycles. The summed E-state index contributed by atoms with van der Waals surface area (Å²) in [5, 5.41) is 0. The highest BCUT2D eigenvalue weighted by Gasteiger charge is 2.26. The molecule has 2 aromatic rings. The number of amides is 1. The topological polar surface area (TPSA) is 83.0 Å². The van der Waals surface area contributed by atoms with Crippen LogP contribution in [0.4, 0.5) is 0 Å². The first kappa shape index (κ1) is 18.8. The normalized spacial score (nSPS) is 16.5. The van der Waals surface area contributed by atoms with Crippen molar-refractivity contribution in [1.82, 2.24) is 14.9 Å². The Balaban J connectivity index is 1.56. The molecule has 3 rings (SSSR count). The van der Waals surface area contributed by atoms with E-state index in [4.69, 9.17) is 18.9 Å². The number of ether oxygens (including phenoxy) is 4. The van der Waals surface area contributed by atoms with E-state index in [1.807, 2.05) is 12.1 Å². The summed E-state index contributed by atoms with van der Waals surface area (Å²) >= 11 is 0. The highest BCUT2D eigenvalue weighted by Crippen LogP contribution is 2.26. The minimum absolute atomic E-state index is 0.0540. The molecule has 8 heteroatoms. The third-order valence-electron chi connectivity index (χ3n) is 4.26. The maximum Gasteiger partial charge on any atom is 0.278 e. The molecule has 0 N–H and O–H groups in total. The molecule has 0 bridgehead atoms. The van der Waals surface area contributed by atoms with Gasteiger partial charge in [-0.15, -0.1) is 0 Å². The van der Waals surface area contributed by atoms with Crippen LogP contribution in [0.2, 0.25) is 0 Å². The van der Waals surface area contributed by atoms with Crippen LogP contribution in [0.25, 0.3) is 0 Å². The van der Waals surface area contributed by atoms with Gasteiger partial charge >= 0.3 is 0 Å². The van der Waals surface area contributed by atoms with Gasteiger partial charge in [0.2, 0.25) is 0 Å². The van der Waals surface area contributed by atoms with E-state index in [0.29, 0.717) is 36.3 Å². The molecule has 1 aliphatic heterocycles. The number of piperidine rings is 1. The lowest BCUT2D eigenvalue weighted by molar-refractivity contribution is -0.136. The maximum absolute atomic E-state index is 12.5. The molecular weight excluding hydrogens is 350 g/mol. The van der Waals surface area contributed by atoms with E-state index < -0.39 is 0 Å². The summed E-state index contributed by atoms with van der Waals surface area (Å²) in [6.07, 6.45) is 4.59. The number of para-hydroxylation sites is 2. The summed E-state index contributed by atoms with van der Waals surface area (Å²) in [5.74, 6) is 1.72. The zero-order valence-electron chi connectivity index (χ0n) is 15.5. The van der Waals surface area contributed by atoms with Crippen molar-refractivity contribution in [3.63, 3.8) is 0 Å². The van der Waals surface area contributed by atoms with E-state index in [1.165, 1.54) is 13.3 Å². The van der Waals surface area contributed by atoms with Gasteiger partial charge in [-0.25, -0.2) is 9.97 Å². The first-order valence-corrected chi connectivity index (χ1v) is 8.76. The average molecular weight is 373 g/mol. The first-order chi connectivity index (χ1) is 13.2. The van der Waals surface area contributed by atoms with Crippen LogP contribution >= 0.6 is 0 Å². The second-order valence-corrected chi connectivity index (χ2v) is 6.03. The van der Waals surface area contributed by atoms with Crippen molar-refractivity contribution in [2.24, 2.45) is 0 Å². The van der Waals surface area contributed by atoms with Gasteiger partial charge in [-0.05, 0) is 25.0 Å². The van der Waals surface area contributed by atoms with Gasteiger partial charge in [-0.2, -0.15) is 0 Å². The number of methoxy groups -OCH3 is 2. The third-order valence-corrected chi connectivity index (χ3v) is 4.26. The van der Waals surface area contributed by atoms with Gasteiger partial charge in [0.1, 0.15) is 6.10 Å². The van der Waals surface area contributed by atoms with Gasteiger partial charge in [0.25, 0.3) is 17.7 Å². The SMILES string of the molecule is COc1ccccc1OCC(=O)N1CCCC(Oc2nccnc2OC)C1. The Labute approximate surface area is 158 Å². The van der Waals surface area contributed by atoms with Crippen molar-refractivity contribution in [1.29, 1.82) is 0 Å². The van der Waals surface area contributed by atoms with Crippen molar-refractivity contribution < 1.29 is 23.7 Å². The summed E-state index contributed by atoms with van der Waals surface area (Å²) in [7, 11) is 3.08. The van der Waals surface area contributed by atoms with Gasteiger partial charge in [0.05, 0.1) is 20.8 Å². The molecule has 0 saturated carbocycles. The van der Waals surface area contributed by atoms with Gasteiger partial charge in [0.15, 0.2) is 18.1 Å². The summed E-state index contributed by atoms with van der Waals surface area (Å²) in [4.78, 5) is 22.5. The molecule has 1 atom stereocenters. The van der Waals surface area contributed by atoms with Gasteiger partial charge in [0, 0.05) is 18.9 Å². The van der Waals surface area contributed by atoms with E-state index in [0.717, 1.165) is 12.8 Å². The Hall–Kier alpha value is -3.03. The lowest BCUT2D eigenvalue weighted by atomic mass is 10.1. The van der Waals surface area contributed by atoms with Crippen LogP contribution in [0.1, 0.15) is 12.8 Å². The predicted molar refractivity (Wildman–Crippen MR) is 97.3 cm³/mol. The lowest BCUT2D eigenvalue weighted by Gasteiger charge is -2.32. The molecule has 27 heavy (non-hydrogen) atoms. The van der Waals surface area contributed by atoms with Crippen LogP contribution in [-0.2, 0) is 4.79 Å². The molecule has 0 aliphatic carbocycles. The van der Waals surface area contributed by atoms with Gasteiger partial charge in [-0.1, -0.05) is 12.1 Å². The fourth-order valence-electron chi connectivity index (χ4n) is 2.92. The monoisotopic (exact) mass is 373 g/mol. The third kappa shape index (κ3) is 4.78. The standard InChI is InChI=1S/C19H23N3O5/c1-24-15-7-3-4-8-16(15)26-13-17(23)22-11-5-6-14(12-22)27-19-18(25-2)20-9-10-21-19/h3-4,7-10,14H,5-6,11-13H2,1-2H3. The second kappa shape index (κ2) is 9.07. The van der Waals surface area contributed by atoms with Crippen LogP contribution in [0.3, 0.4) is 0 Å². The summed E-state index contributed by atoms with van der Waals surface area (Å²) in [6.45, 7) is 1.08. The van der Waals surface area contributed by atoms with Crippen molar-refractivity contribution in [2.75, 3.05) is 33.9 Å². The van der Waals surface area contributed by atoms with Crippen molar-refractivity contribution in [3.05, 3.63) is 36.7 Å². The van der Waals surface area contributed by atoms with Gasteiger partial charge in [-0.3, -0.25) is 4.79 Å². The number of nitrogens with zero attached hydrogens (tertiary/aromatic N) is 3. The largest absolute Gasteiger partial charge is 0.493 e. The van der Waals surface area contributed by atoms with Crippen LogP contribution in [0.15, 0.2) is 36.7 Å². The van der Waals surface area contributed by atoms with Crippen molar-refractivity contribution in [3.8, 4) is 23.3 Å². The van der Waals surface area contributed by atoms with Crippen LogP contribution in [0, 0.1) is 0 Å². The highest BCUT2D eigenvalue weighted by molar-refractivity contribution is 5.78. The Bertz CT molecular complexity index is 771. The molecule has 1 aromatic carbocycles. The zero-order chi connectivity index (χ0) is 19.1. The van der Waals surface area contributed by atoms with E-state index in [2.05, 4.69) is 9.97 Å². The fourth-order valence-corrected chi connectivity index (χ4v) is 2.92. The Morgan fingerprint density at radius 3 is 2.59 bits per heavy atom. The second-order valence-electron chi connectivity index (χ2n) is 6.03. The molecule has 1 unspecified atom stereocenters. The minimum Gasteiger partial charge on any atom is -0.493 e. The van der Waals surface area contributed by atoms with Crippen molar-refractivity contribution >= 4 is 5.91 Å². The van der Waals surface area contributed by atoms with Crippen LogP contribution < -0.4 is 18.9 Å². The zero-order valence-corrected chi connectivity index (χ0v) is 15.5. The Morgan fingerprint density at radius 2 is 1.85 bits per heavy atom. The van der Waals surface area contributed by atoms with Gasteiger partial charge < -0.3 is 23.8 Å². The van der Waals surface area contributed by atoms with E-state index in [-0.39, 0.29) is 18.6 Å². The number of carbonyl (C=O) groups excluding carboxylic acids is 1. The molecular formula is C19H23N3O5. The number of aromatic nitrogens is 2. The molecule has 0 radical (unpaired) electrons. The van der Waals surface area contributed by atoms with Crippen molar-refractivity contribution in [2.45, 2.75) is 18.9 Å². The number of carbonyl (C=O) groups is 1. The fraction of sp³-hybridized carbons (Fsp3) is 0.421. The molecule has 1 amide bonds.